The summed E-state index contributed by atoms with van der Waals surface area (Å²) in [4.78, 5) is 25.7. The van der Waals surface area contributed by atoms with Crippen LogP contribution in [0.15, 0.2) is 42.5 Å². The van der Waals surface area contributed by atoms with Crippen LogP contribution in [0.25, 0.3) is 0 Å². The Bertz CT molecular complexity index is 869. The van der Waals surface area contributed by atoms with Crippen LogP contribution >= 0.6 is 0 Å². The molecule has 1 saturated heterocycles. The minimum absolute atomic E-state index is 0.0549. The van der Waals surface area contributed by atoms with Crippen LogP contribution in [0, 0.1) is 5.82 Å². The summed E-state index contributed by atoms with van der Waals surface area (Å²) in [5.74, 6) is -0.115. The van der Waals surface area contributed by atoms with Gasteiger partial charge in [0.05, 0.1) is 7.11 Å². The number of rotatable bonds is 6. The number of likely N-dealkylation sites (tertiary alicyclic amines) is 1. The molecule has 6 nitrogen and oxygen atoms in total. The van der Waals surface area contributed by atoms with Crippen LogP contribution in [-0.4, -0.2) is 43.0 Å². The van der Waals surface area contributed by atoms with Gasteiger partial charge in [0, 0.05) is 24.1 Å². The van der Waals surface area contributed by atoms with Crippen molar-refractivity contribution in [2.75, 3.05) is 20.3 Å². The number of primary amides is 1. The van der Waals surface area contributed by atoms with Crippen molar-refractivity contribution < 1.29 is 23.5 Å². The van der Waals surface area contributed by atoms with E-state index in [1.54, 1.807) is 30.3 Å². The standard InChI is InChI=1S/C21H23FN2O4/c1-13-9-16(14-3-6-17(22)7-4-14)11-24(13)21(26)15-5-8-18(19(10-15)27-2)28-12-20(23)25/h3-8,10,13,16H,9,11-12H2,1-2H3,(H2,23,25). The fourth-order valence-corrected chi connectivity index (χ4v) is 3.52. The molecule has 1 fully saturated rings. The molecule has 0 bridgehead atoms. The molecule has 3 rings (SSSR count). The smallest absolute Gasteiger partial charge is 0.255 e. The van der Waals surface area contributed by atoms with E-state index in [4.69, 9.17) is 15.2 Å². The predicted molar refractivity (Wildman–Crippen MR) is 102 cm³/mol. The monoisotopic (exact) mass is 386 g/mol. The minimum atomic E-state index is -0.597. The first-order valence-corrected chi connectivity index (χ1v) is 9.04. The molecular weight excluding hydrogens is 363 g/mol. The Hall–Kier alpha value is -3.09. The highest BCUT2D eigenvalue weighted by atomic mass is 19.1. The first-order valence-electron chi connectivity index (χ1n) is 9.04. The maximum Gasteiger partial charge on any atom is 0.255 e. The van der Waals surface area contributed by atoms with Crippen molar-refractivity contribution in [2.24, 2.45) is 5.73 Å². The zero-order chi connectivity index (χ0) is 20.3. The lowest BCUT2D eigenvalue weighted by atomic mass is 9.97. The Morgan fingerprint density at radius 3 is 2.54 bits per heavy atom. The molecule has 2 unspecified atom stereocenters. The number of halogens is 1. The highest BCUT2D eigenvalue weighted by molar-refractivity contribution is 5.95. The quantitative estimate of drug-likeness (QED) is 0.828. The number of hydrogen-bond acceptors (Lipinski definition) is 4. The zero-order valence-electron chi connectivity index (χ0n) is 15.9. The van der Waals surface area contributed by atoms with Gasteiger partial charge in [0.2, 0.25) is 0 Å². The van der Waals surface area contributed by atoms with Crippen LogP contribution in [0.5, 0.6) is 11.5 Å². The van der Waals surface area contributed by atoms with E-state index in [9.17, 15) is 14.0 Å². The molecule has 2 aromatic carbocycles. The number of methoxy groups -OCH3 is 1. The number of ether oxygens (including phenoxy) is 2. The lowest BCUT2D eigenvalue weighted by molar-refractivity contribution is -0.119. The van der Waals surface area contributed by atoms with Gasteiger partial charge in [-0.2, -0.15) is 0 Å². The van der Waals surface area contributed by atoms with Gasteiger partial charge >= 0.3 is 0 Å². The van der Waals surface area contributed by atoms with Gasteiger partial charge in [-0.15, -0.1) is 0 Å². The summed E-state index contributed by atoms with van der Waals surface area (Å²) in [6.45, 7) is 2.29. The second kappa shape index (κ2) is 8.29. The molecule has 0 spiro atoms. The summed E-state index contributed by atoms with van der Waals surface area (Å²) >= 11 is 0. The Morgan fingerprint density at radius 1 is 1.18 bits per heavy atom. The summed E-state index contributed by atoms with van der Waals surface area (Å²) in [5, 5.41) is 0. The van der Waals surface area contributed by atoms with Crippen molar-refractivity contribution in [3.05, 3.63) is 59.4 Å². The van der Waals surface area contributed by atoms with Crippen LogP contribution < -0.4 is 15.2 Å². The molecule has 2 atom stereocenters. The minimum Gasteiger partial charge on any atom is -0.493 e. The van der Waals surface area contributed by atoms with Gasteiger partial charge in [0.15, 0.2) is 18.1 Å². The Morgan fingerprint density at radius 2 is 1.89 bits per heavy atom. The molecule has 2 amide bonds. The van der Waals surface area contributed by atoms with E-state index in [-0.39, 0.29) is 30.3 Å². The average molecular weight is 386 g/mol. The fourth-order valence-electron chi connectivity index (χ4n) is 3.52. The molecule has 1 aliphatic rings. The third kappa shape index (κ3) is 4.24. The first-order chi connectivity index (χ1) is 13.4. The van der Waals surface area contributed by atoms with Gasteiger partial charge in [-0.05, 0) is 49.2 Å². The second-order valence-electron chi connectivity index (χ2n) is 6.91. The van der Waals surface area contributed by atoms with Crippen molar-refractivity contribution in [3.63, 3.8) is 0 Å². The van der Waals surface area contributed by atoms with Crippen molar-refractivity contribution in [2.45, 2.75) is 25.3 Å². The molecule has 28 heavy (non-hydrogen) atoms. The normalized spacial score (nSPS) is 18.8. The molecular formula is C21H23FN2O4. The molecule has 0 aromatic heterocycles. The van der Waals surface area contributed by atoms with E-state index < -0.39 is 5.91 Å². The van der Waals surface area contributed by atoms with E-state index >= 15 is 0 Å². The topological polar surface area (TPSA) is 81.9 Å². The van der Waals surface area contributed by atoms with E-state index in [2.05, 4.69) is 0 Å². The van der Waals surface area contributed by atoms with Crippen LogP contribution in [0.1, 0.15) is 35.2 Å². The first kappa shape index (κ1) is 19.7. The Balaban J connectivity index is 1.75. The summed E-state index contributed by atoms with van der Waals surface area (Å²) in [5.41, 5.74) is 6.58. The molecule has 0 aliphatic carbocycles. The fraction of sp³-hybridized carbons (Fsp3) is 0.333. The second-order valence-corrected chi connectivity index (χ2v) is 6.91. The maximum atomic E-state index is 13.2. The summed E-state index contributed by atoms with van der Waals surface area (Å²) in [6, 6.07) is 11.3. The highest BCUT2D eigenvalue weighted by Gasteiger charge is 2.34. The van der Waals surface area contributed by atoms with Crippen molar-refractivity contribution in [3.8, 4) is 11.5 Å². The SMILES string of the molecule is COc1cc(C(=O)N2CC(c3ccc(F)cc3)CC2C)ccc1OCC(N)=O. The van der Waals surface area contributed by atoms with Gasteiger partial charge < -0.3 is 20.1 Å². The molecule has 1 aliphatic heterocycles. The van der Waals surface area contributed by atoms with Crippen LogP contribution in [0.4, 0.5) is 4.39 Å². The molecule has 1 heterocycles. The average Bonchev–Trinajstić information content (AvgIpc) is 3.07. The van der Waals surface area contributed by atoms with Gasteiger partial charge in [0.1, 0.15) is 5.82 Å². The number of benzene rings is 2. The predicted octanol–water partition coefficient (Wildman–Crippen LogP) is 2.72. The number of carbonyl (C=O) groups is 2. The Labute approximate surface area is 163 Å². The zero-order valence-corrected chi connectivity index (χ0v) is 15.9. The van der Waals surface area contributed by atoms with Gasteiger partial charge in [-0.1, -0.05) is 12.1 Å². The van der Waals surface area contributed by atoms with Crippen molar-refractivity contribution in [1.82, 2.24) is 4.90 Å². The van der Waals surface area contributed by atoms with Crippen LogP contribution in [0.3, 0.4) is 0 Å². The number of amides is 2. The lowest BCUT2D eigenvalue weighted by Gasteiger charge is -2.22. The van der Waals surface area contributed by atoms with Gasteiger partial charge in [0.25, 0.3) is 11.8 Å². The van der Waals surface area contributed by atoms with Crippen molar-refractivity contribution in [1.29, 1.82) is 0 Å². The number of nitrogens with two attached hydrogens (primary N) is 1. The van der Waals surface area contributed by atoms with Gasteiger partial charge in [-0.25, -0.2) is 4.39 Å². The van der Waals surface area contributed by atoms with E-state index in [0.717, 1.165) is 12.0 Å². The summed E-state index contributed by atoms with van der Waals surface area (Å²) < 4.78 is 23.7. The van der Waals surface area contributed by atoms with Crippen LogP contribution in [0.2, 0.25) is 0 Å². The molecule has 0 saturated carbocycles. The molecule has 0 radical (unpaired) electrons. The maximum absolute atomic E-state index is 13.2. The third-order valence-corrected chi connectivity index (χ3v) is 4.96. The summed E-state index contributed by atoms with van der Waals surface area (Å²) in [7, 11) is 1.46. The van der Waals surface area contributed by atoms with Gasteiger partial charge in [-0.3, -0.25) is 9.59 Å². The van der Waals surface area contributed by atoms with E-state index in [1.165, 1.54) is 19.2 Å². The lowest BCUT2D eigenvalue weighted by Crippen LogP contribution is -2.33. The van der Waals surface area contributed by atoms with E-state index in [0.29, 0.717) is 23.6 Å². The number of nitrogens with zero attached hydrogens (tertiary/aromatic N) is 1. The number of carbonyl (C=O) groups excluding carboxylic acids is 2. The largest absolute Gasteiger partial charge is 0.493 e. The number of hydrogen-bond donors (Lipinski definition) is 1. The summed E-state index contributed by atoms with van der Waals surface area (Å²) in [6.07, 6.45) is 0.814. The molecule has 2 N–H and O–H groups in total. The Kier molecular flexibility index (Phi) is 5.82. The third-order valence-electron chi connectivity index (χ3n) is 4.96. The van der Waals surface area contributed by atoms with Crippen LogP contribution in [-0.2, 0) is 4.79 Å². The highest BCUT2D eigenvalue weighted by Crippen LogP contribution is 2.34. The molecule has 2 aromatic rings. The van der Waals surface area contributed by atoms with E-state index in [1.807, 2.05) is 11.8 Å². The molecule has 7 heteroatoms. The van der Waals surface area contributed by atoms with Crippen molar-refractivity contribution >= 4 is 11.8 Å². The molecule has 148 valence electrons.